The SMILES string of the molecule is C/C(=N\O)C1=CC[C@H]2[C@@H]3CC=C4C[C@H](O)C[C@@H](O)[C@]4(C)[C@H]3CC[C@]12C. The van der Waals surface area contributed by atoms with Gasteiger partial charge >= 0.3 is 0 Å². The lowest BCUT2D eigenvalue weighted by Crippen LogP contribution is -2.55. The van der Waals surface area contributed by atoms with Gasteiger partial charge < -0.3 is 15.4 Å². The molecule has 4 heteroatoms. The summed E-state index contributed by atoms with van der Waals surface area (Å²) in [7, 11) is 0. The van der Waals surface area contributed by atoms with Crippen molar-refractivity contribution >= 4 is 5.71 Å². The molecule has 0 aromatic carbocycles. The Morgan fingerprint density at radius 1 is 1.16 bits per heavy atom. The van der Waals surface area contributed by atoms with Gasteiger partial charge in [0.1, 0.15) is 0 Å². The highest BCUT2D eigenvalue weighted by Crippen LogP contribution is 2.65. The molecule has 4 aliphatic rings. The predicted molar refractivity (Wildman–Crippen MR) is 97.5 cm³/mol. The molecule has 0 amide bonds. The molecule has 0 aromatic rings. The quantitative estimate of drug-likeness (QED) is 0.294. The molecule has 0 spiro atoms. The fraction of sp³-hybridized carbons (Fsp3) is 0.762. The summed E-state index contributed by atoms with van der Waals surface area (Å²) in [6.07, 6.45) is 9.23. The van der Waals surface area contributed by atoms with Crippen molar-refractivity contribution in [3.05, 3.63) is 23.3 Å². The van der Waals surface area contributed by atoms with Crippen molar-refractivity contribution in [2.24, 2.45) is 33.7 Å². The van der Waals surface area contributed by atoms with Crippen LogP contribution in [-0.4, -0.2) is 33.3 Å². The maximum Gasteiger partial charge on any atom is 0.0799 e. The Balaban J connectivity index is 1.69. The fourth-order valence-corrected chi connectivity index (χ4v) is 6.88. The molecule has 3 N–H and O–H groups in total. The summed E-state index contributed by atoms with van der Waals surface area (Å²) in [5, 5.41) is 33.7. The molecule has 25 heavy (non-hydrogen) atoms. The molecule has 0 bridgehead atoms. The highest BCUT2D eigenvalue weighted by atomic mass is 16.4. The lowest BCUT2D eigenvalue weighted by atomic mass is 9.46. The Bertz CT molecular complexity index is 666. The van der Waals surface area contributed by atoms with Gasteiger partial charge in [0.2, 0.25) is 0 Å². The van der Waals surface area contributed by atoms with E-state index in [2.05, 4.69) is 31.2 Å². The van der Waals surface area contributed by atoms with Crippen LogP contribution in [0.25, 0.3) is 0 Å². The number of hydrogen-bond acceptors (Lipinski definition) is 4. The number of fused-ring (bicyclic) bond motifs is 5. The zero-order chi connectivity index (χ0) is 18.0. The van der Waals surface area contributed by atoms with E-state index in [4.69, 9.17) is 0 Å². The summed E-state index contributed by atoms with van der Waals surface area (Å²) in [4.78, 5) is 0. The summed E-state index contributed by atoms with van der Waals surface area (Å²) in [6, 6.07) is 0. The normalized spacial score (nSPS) is 49.6. The van der Waals surface area contributed by atoms with Crippen molar-refractivity contribution < 1.29 is 15.4 Å². The summed E-state index contributed by atoms with van der Waals surface area (Å²) >= 11 is 0. The third-order valence-electron chi connectivity index (χ3n) is 8.30. The average Bonchev–Trinajstić information content (AvgIpc) is 2.93. The summed E-state index contributed by atoms with van der Waals surface area (Å²) < 4.78 is 0. The zero-order valence-corrected chi connectivity index (χ0v) is 15.6. The smallest absolute Gasteiger partial charge is 0.0799 e. The van der Waals surface area contributed by atoms with Crippen LogP contribution < -0.4 is 0 Å². The lowest BCUT2D eigenvalue weighted by molar-refractivity contribution is -0.0959. The summed E-state index contributed by atoms with van der Waals surface area (Å²) in [5.41, 5.74) is 3.15. The van der Waals surface area contributed by atoms with E-state index in [1.54, 1.807) is 0 Å². The van der Waals surface area contributed by atoms with E-state index < -0.39 is 12.2 Å². The molecule has 0 aliphatic heterocycles. The molecule has 7 atom stereocenters. The second-order valence-corrected chi connectivity index (χ2v) is 9.23. The molecule has 2 fully saturated rings. The van der Waals surface area contributed by atoms with Crippen molar-refractivity contribution in [3.8, 4) is 0 Å². The van der Waals surface area contributed by atoms with E-state index in [9.17, 15) is 15.4 Å². The molecule has 0 radical (unpaired) electrons. The van der Waals surface area contributed by atoms with Gasteiger partial charge in [0.25, 0.3) is 0 Å². The molecule has 0 saturated heterocycles. The van der Waals surface area contributed by atoms with Crippen LogP contribution in [0.15, 0.2) is 28.5 Å². The third-order valence-corrected chi connectivity index (χ3v) is 8.30. The largest absolute Gasteiger partial charge is 0.411 e. The second kappa shape index (κ2) is 5.68. The summed E-state index contributed by atoms with van der Waals surface area (Å²) in [5.74, 6) is 1.58. The predicted octanol–water partition coefficient (Wildman–Crippen LogP) is 3.67. The van der Waals surface area contributed by atoms with E-state index in [-0.39, 0.29) is 10.8 Å². The van der Waals surface area contributed by atoms with Crippen molar-refractivity contribution in [2.45, 2.75) is 71.5 Å². The van der Waals surface area contributed by atoms with Gasteiger partial charge in [-0.3, -0.25) is 0 Å². The van der Waals surface area contributed by atoms with Gasteiger partial charge in [-0.05, 0) is 67.8 Å². The average molecular weight is 345 g/mol. The van der Waals surface area contributed by atoms with Crippen LogP contribution in [-0.2, 0) is 0 Å². The van der Waals surface area contributed by atoms with E-state index in [1.807, 2.05) is 6.92 Å². The van der Waals surface area contributed by atoms with Crippen LogP contribution in [0.3, 0.4) is 0 Å². The maximum atomic E-state index is 10.9. The molecule has 0 aromatic heterocycles. The van der Waals surface area contributed by atoms with Gasteiger partial charge in [0.15, 0.2) is 0 Å². The second-order valence-electron chi connectivity index (χ2n) is 9.23. The van der Waals surface area contributed by atoms with E-state index in [0.717, 1.165) is 37.8 Å². The molecule has 0 unspecified atom stereocenters. The number of oxime groups is 1. The first-order chi connectivity index (χ1) is 11.8. The van der Waals surface area contributed by atoms with Gasteiger partial charge in [-0.15, -0.1) is 0 Å². The number of nitrogens with zero attached hydrogens (tertiary/aromatic N) is 1. The van der Waals surface area contributed by atoms with Crippen LogP contribution in [0.5, 0.6) is 0 Å². The maximum absolute atomic E-state index is 10.9. The van der Waals surface area contributed by atoms with E-state index >= 15 is 0 Å². The molecule has 4 aliphatic carbocycles. The number of rotatable bonds is 1. The topological polar surface area (TPSA) is 73.1 Å². The monoisotopic (exact) mass is 345 g/mol. The standard InChI is InChI=1S/C21H31NO3/c1-12(22-25)16-6-7-17-15-5-4-13-10-14(23)11-19(24)21(13,3)18(15)8-9-20(16,17)2/h4,6,14-15,17-19,23-25H,5,7-11H2,1-3H3/b22-12+/t14-,15-,17-,18-,19+,20+,21-/m0/s1. The molecule has 0 heterocycles. The van der Waals surface area contributed by atoms with Crippen LogP contribution in [0.4, 0.5) is 0 Å². The first-order valence-corrected chi connectivity index (χ1v) is 9.77. The van der Waals surface area contributed by atoms with Crippen molar-refractivity contribution in [3.63, 3.8) is 0 Å². The van der Waals surface area contributed by atoms with Crippen molar-refractivity contribution in [1.82, 2.24) is 0 Å². The van der Waals surface area contributed by atoms with Gasteiger partial charge in [-0.25, -0.2) is 0 Å². The Kier molecular flexibility index (Phi) is 3.93. The first-order valence-electron chi connectivity index (χ1n) is 9.77. The van der Waals surface area contributed by atoms with E-state index in [0.29, 0.717) is 24.2 Å². The molecule has 4 rings (SSSR count). The first kappa shape index (κ1) is 17.3. The van der Waals surface area contributed by atoms with Crippen LogP contribution in [0.2, 0.25) is 0 Å². The third kappa shape index (κ3) is 2.23. The minimum Gasteiger partial charge on any atom is -0.411 e. The molecular formula is C21H31NO3. The minimum atomic E-state index is -0.450. The Hall–Kier alpha value is -1.13. The lowest BCUT2D eigenvalue weighted by Gasteiger charge is -2.59. The Labute approximate surface area is 150 Å². The number of hydrogen-bond donors (Lipinski definition) is 3. The molecule has 138 valence electrons. The Morgan fingerprint density at radius 3 is 2.64 bits per heavy atom. The molecule has 2 saturated carbocycles. The van der Waals surface area contributed by atoms with E-state index in [1.165, 1.54) is 11.1 Å². The minimum absolute atomic E-state index is 0.0817. The fourth-order valence-electron chi connectivity index (χ4n) is 6.88. The number of aliphatic hydroxyl groups is 2. The van der Waals surface area contributed by atoms with Crippen LogP contribution in [0.1, 0.15) is 59.3 Å². The number of allylic oxidation sites excluding steroid dienone is 3. The van der Waals surface area contributed by atoms with Crippen LogP contribution in [0, 0.1) is 28.6 Å². The van der Waals surface area contributed by atoms with Crippen molar-refractivity contribution in [1.29, 1.82) is 0 Å². The van der Waals surface area contributed by atoms with Gasteiger partial charge in [-0.2, -0.15) is 0 Å². The Morgan fingerprint density at radius 2 is 1.92 bits per heavy atom. The number of aliphatic hydroxyl groups excluding tert-OH is 2. The van der Waals surface area contributed by atoms with Crippen molar-refractivity contribution in [2.75, 3.05) is 0 Å². The van der Waals surface area contributed by atoms with Gasteiger partial charge in [0.05, 0.1) is 17.9 Å². The molecular weight excluding hydrogens is 314 g/mol. The zero-order valence-electron chi connectivity index (χ0n) is 15.6. The highest BCUT2D eigenvalue weighted by molar-refractivity contribution is 5.99. The van der Waals surface area contributed by atoms with Crippen LogP contribution >= 0.6 is 0 Å². The summed E-state index contributed by atoms with van der Waals surface area (Å²) in [6.45, 7) is 6.47. The molecule has 4 nitrogen and oxygen atoms in total. The van der Waals surface area contributed by atoms with Gasteiger partial charge in [-0.1, -0.05) is 36.7 Å². The van der Waals surface area contributed by atoms with Gasteiger partial charge in [0, 0.05) is 11.8 Å². The highest BCUT2D eigenvalue weighted by Gasteiger charge is 2.59.